The van der Waals surface area contributed by atoms with Gasteiger partial charge in [0.2, 0.25) is 0 Å². The van der Waals surface area contributed by atoms with Crippen LogP contribution in [0.25, 0.3) is 0 Å². The van der Waals surface area contributed by atoms with Crippen molar-refractivity contribution >= 4 is 5.84 Å². The van der Waals surface area contributed by atoms with Gasteiger partial charge in [0.15, 0.2) is 5.84 Å². The number of nitrogens with one attached hydrogen (secondary N) is 1. The number of nitrogens with zero attached hydrogens (tertiary/aromatic N) is 1. The second-order valence-corrected chi connectivity index (χ2v) is 4.15. The van der Waals surface area contributed by atoms with Crippen LogP contribution in [0, 0.1) is 0 Å². The van der Waals surface area contributed by atoms with E-state index in [4.69, 9.17) is 15.7 Å². The lowest BCUT2D eigenvalue weighted by Gasteiger charge is -2.21. The third-order valence-electron chi connectivity index (χ3n) is 2.95. The van der Waals surface area contributed by atoms with Crippen molar-refractivity contribution in [2.45, 2.75) is 32.4 Å². The first kappa shape index (κ1) is 14.3. The van der Waals surface area contributed by atoms with Gasteiger partial charge in [-0.25, -0.2) is 0 Å². The van der Waals surface area contributed by atoms with E-state index in [1.807, 2.05) is 38.1 Å². The van der Waals surface area contributed by atoms with Crippen molar-refractivity contribution in [1.82, 2.24) is 5.32 Å². The van der Waals surface area contributed by atoms with Gasteiger partial charge in [-0.15, -0.1) is 0 Å². The molecule has 0 radical (unpaired) electrons. The molecule has 2 atom stereocenters. The van der Waals surface area contributed by atoms with Crippen molar-refractivity contribution in [3.63, 3.8) is 0 Å². The molecule has 0 amide bonds. The summed E-state index contributed by atoms with van der Waals surface area (Å²) in [5, 5.41) is 15.1. The largest absolute Gasteiger partial charge is 0.497 e. The first-order valence-corrected chi connectivity index (χ1v) is 5.99. The molecule has 5 heteroatoms. The molecule has 0 spiro atoms. The average Bonchev–Trinajstić information content (AvgIpc) is 2.43. The van der Waals surface area contributed by atoms with Crippen LogP contribution in [-0.2, 0) is 0 Å². The first-order valence-electron chi connectivity index (χ1n) is 5.99. The highest BCUT2D eigenvalue weighted by Crippen LogP contribution is 2.18. The van der Waals surface area contributed by atoms with E-state index < -0.39 is 0 Å². The van der Waals surface area contributed by atoms with Crippen LogP contribution in [0.4, 0.5) is 0 Å². The topological polar surface area (TPSA) is 79.9 Å². The Morgan fingerprint density at radius 3 is 2.50 bits per heavy atom. The number of nitrogens with two attached hydrogens (primary N) is 1. The summed E-state index contributed by atoms with van der Waals surface area (Å²) in [5.41, 5.74) is 6.74. The first-order chi connectivity index (χ1) is 8.62. The molecule has 0 heterocycles. The van der Waals surface area contributed by atoms with Gasteiger partial charge in [0.05, 0.1) is 13.2 Å². The molecule has 4 N–H and O–H groups in total. The zero-order valence-electron chi connectivity index (χ0n) is 11.1. The summed E-state index contributed by atoms with van der Waals surface area (Å²) >= 11 is 0. The molecule has 0 saturated carbocycles. The summed E-state index contributed by atoms with van der Waals surface area (Å²) in [6.07, 6.45) is 0.760. The second-order valence-electron chi connectivity index (χ2n) is 4.15. The standard InChI is InChI=1S/C13H21N3O2/c1-4-12(13(14)16-17)15-9(2)10-5-7-11(18-3)8-6-10/h5-9,12,15,17H,4H2,1-3H3,(H2,14,16)/t9-,12?/m1/s1. The molecule has 0 aromatic heterocycles. The predicted molar refractivity (Wildman–Crippen MR) is 72.0 cm³/mol. The fourth-order valence-electron chi connectivity index (χ4n) is 1.77. The van der Waals surface area contributed by atoms with Crippen molar-refractivity contribution in [1.29, 1.82) is 0 Å². The second kappa shape index (κ2) is 6.86. The maximum atomic E-state index is 8.69. The molecule has 0 aliphatic carbocycles. The molecular weight excluding hydrogens is 230 g/mol. The highest BCUT2D eigenvalue weighted by Gasteiger charge is 2.15. The Hall–Kier alpha value is -1.75. The normalized spacial score (nSPS) is 15.2. The van der Waals surface area contributed by atoms with Gasteiger partial charge in [-0.2, -0.15) is 0 Å². The molecule has 0 fully saturated rings. The van der Waals surface area contributed by atoms with Crippen molar-refractivity contribution in [2.24, 2.45) is 10.9 Å². The zero-order chi connectivity index (χ0) is 13.5. The number of hydrogen-bond acceptors (Lipinski definition) is 4. The molecule has 18 heavy (non-hydrogen) atoms. The highest BCUT2D eigenvalue weighted by molar-refractivity contribution is 5.85. The summed E-state index contributed by atoms with van der Waals surface area (Å²) in [7, 11) is 1.64. The van der Waals surface area contributed by atoms with Crippen molar-refractivity contribution in [2.75, 3.05) is 7.11 Å². The Bertz CT molecular complexity index is 390. The van der Waals surface area contributed by atoms with Gasteiger partial charge < -0.3 is 21.0 Å². The Labute approximate surface area is 108 Å². The minimum absolute atomic E-state index is 0.112. The molecule has 1 rings (SSSR count). The molecule has 100 valence electrons. The lowest BCUT2D eigenvalue weighted by atomic mass is 10.1. The van der Waals surface area contributed by atoms with Gasteiger partial charge in [-0.05, 0) is 31.0 Å². The van der Waals surface area contributed by atoms with Crippen LogP contribution in [0.2, 0.25) is 0 Å². The van der Waals surface area contributed by atoms with E-state index in [0.29, 0.717) is 0 Å². The van der Waals surface area contributed by atoms with Crippen LogP contribution < -0.4 is 15.8 Å². The number of rotatable bonds is 6. The van der Waals surface area contributed by atoms with Crippen LogP contribution in [0.3, 0.4) is 0 Å². The van der Waals surface area contributed by atoms with Crippen LogP contribution in [0.1, 0.15) is 31.9 Å². The van der Waals surface area contributed by atoms with Crippen LogP contribution in [0.15, 0.2) is 29.4 Å². The number of oxime groups is 1. The minimum Gasteiger partial charge on any atom is -0.497 e. The van der Waals surface area contributed by atoms with Crippen LogP contribution >= 0.6 is 0 Å². The molecule has 0 bridgehead atoms. The van der Waals surface area contributed by atoms with Crippen LogP contribution in [0.5, 0.6) is 5.75 Å². The lowest BCUT2D eigenvalue weighted by Crippen LogP contribution is -2.42. The smallest absolute Gasteiger partial charge is 0.156 e. The van der Waals surface area contributed by atoms with Crippen molar-refractivity contribution in [3.05, 3.63) is 29.8 Å². The molecule has 0 saturated heterocycles. The molecule has 0 aliphatic rings. The van der Waals surface area contributed by atoms with Gasteiger partial charge in [-0.3, -0.25) is 0 Å². The van der Waals surface area contributed by atoms with E-state index in [-0.39, 0.29) is 17.9 Å². The Kier molecular flexibility index (Phi) is 5.45. The molecule has 1 unspecified atom stereocenters. The van der Waals surface area contributed by atoms with Crippen molar-refractivity contribution < 1.29 is 9.94 Å². The fourth-order valence-corrected chi connectivity index (χ4v) is 1.77. The van der Waals surface area contributed by atoms with Gasteiger partial charge in [0.25, 0.3) is 0 Å². The average molecular weight is 251 g/mol. The fraction of sp³-hybridized carbons (Fsp3) is 0.462. The lowest BCUT2D eigenvalue weighted by molar-refractivity contribution is 0.313. The van der Waals surface area contributed by atoms with Gasteiger partial charge in [0.1, 0.15) is 5.75 Å². The van der Waals surface area contributed by atoms with E-state index in [9.17, 15) is 0 Å². The van der Waals surface area contributed by atoms with Crippen molar-refractivity contribution in [3.8, 4) is 5.75 Å². The summed E-state index contributed by atoms with van der Waals surface area (Å²) < 4.78 is 5.11. The molecule has 5 nitrogen and oxygen atoms in total. The summed E-state index contributed by atoms with van der Waals surface area (Å²) in [6.45, 7) is 4.02. The number of benzene rings is 1. The molecule has 1 aromatic rings. The third-order valence-corrected chi connectivity index (χ3v) is 2.95. The summed E-state index contributed by atoms with van der Waals surface area (Å²) in [4.78, 5) is 0. The molecule has 1 aromatic carbocycles. The monoisotopic (exact) mass is 251 g/mol. The third kappa shape index (κ3) is 3.63. The Balaban J connectivity index is 2.71. The maximum Gasteiger partial charge on any atom is 0.156 e. The predicted octanol–water partition coefficient (Wildman–Crippen LogP) is 1.87. The number of hydrogen-bond donors (Lipinski definition) is 3. The summed E-state index contributed by atoms with van der Waals surface area (Å²) in [5.74, 6) is 1.03. The van der Waals surface area contributed by atoms with E-state index in [1.165, 1.54) is 0 Å². The van der Waals surface area contributed by atoms with Gasteiger partial charge in [-0.1, -0.05) is 24.2 Å². The molecular formula is C13H21N3O2. The number of methoxy groups -OCH3 is 1. The minimum atomic E-state index is -0.132. The number of amidine groups is 1. The Morgan fingerprint density at radius 2 is 2.06 bits per heavy atom. The number of ether oxygens (including phenoxy) is 1. The van der Waals surface area contributed by atoms with Gasteiger partial charge >= 0.3 is 0 Å². The maximum absolute atomic E-state index is 8.69. The van der Waals surface area contributed by atoms with Crippen LogP contribution in [-0.4, -0.2) is 24.2 Å². The van der Waals surface area contributed by atoms with Gasteiger partial charge in [0, 0.05) is 6.04 Å². The van der Waals surface area contributed by atoms with E-state index in [0.717, 1.165) is 17.7 Å². The quantitative estimate of drug-likeness (QED) is 0.312. The molecule has 0 aliphatic heterocycles. The van der Waals surface area contributed by atoms with E-state index in [2.05, 4.69) is 10.5 Å². The Morgan fingerprint density at radius 1 is 1.44 bits per heavy atom. The summed E-state index contributed by atoms with van der Waals surface area (Å²) in [6, 6.07) is 7.80. The van der Waals surface area contributed by atoms with E-state index in [1.54, 1.807) is 7.11 Å². The van der Waals surface area contributed by atoms with E-state index >= 15 is 0 Å². The SMILES string of the molecule is CCC(N[C@H](C)c1ccc(OC)cc1)/C(N)=N/O. The zero-order valence-corrected chi connectivity index (χ0v) is 11.1. The highest BCUT2D eigenvalue weighted by atomic mass is 16.5.